The van der Waals surface area contributed by atoms with Crippen LogP contribution in [-0.2, 0) is 0 Å². The second kappa shape index (κ2) is 7.00. The fraction of sp³-hybridized carbons (Fsp3) is 0.250. The number of rotatable bonds is 3. The zero-order chi connectivity index (χ0) is 19.0. The summed E-state index contributed by atoms with van der Waals surface area (Å²) in [6.45, 7) is 3.12. The third-order valence-electron chi connectivity index (χ3n) is 4.86. The molecule has 0 radical (unpaired) electrons. The molecule has 1 fully saturated rings. The Morgan fingerprint density at radius 2 is 1.93 bits per heavy atom. The summed E-state index contributed by atoms with van der Waals surface area (Å²) in [6.07, 6.45) is 0.723. The van der Waals surface area contributed by atoms with E-state index in [1.54, 1.807) is 4.90 Å². The Morgan fingerprint density at radius 1 is 1.15 bits per heavy atom. The van der Waals surface area contributed by atoms with E-state index in [4.69, 9.17) is 0 Å². The molecule has 1 aliphatic heterocycles. The van der Waals surface area contributed by atoms with Crippen molar-refractivity contribution < 1.29 is 4.79 Å². The summed E-state index contributed by atoms with van der Waals surface area (Å²) in [5, 5.41) is 0. The minimum Gasteiger partial charge on any atom is -0.337 e. The maximum atomic E-state index is 13.0. The lowest BCUT2D eigenvalue weighted by molar-refractivity contribution is 0.0795. The number of nitrogens with one attached hydrogen (secondary N) is 2. The van der Waals surface area contributed by atoms with Crippen LogP contribution in [0.3, 0.4) is 0 Å². The Labute approximate surface area is 159 Å². The third kappa shape index (κ3) is 3.50. The van der Waals surface area contributed by atoms with Gasteiger partial charge in [-0.05, 0) is 30.5 Å². The molecule has 3 aromatic rings. The van der Waals surface area contributed by atoms with E-state index in [2.05, 4.69) is 9.97 Å². The monoisotopic (exact) mass is 381 g/mol. The Kier molecular flexibility index (Phi) is 4.53. The van der Waals surface area contributed by atoms with Crippen LogP contribution < -0.4 is 11.2 Å². The number of amides is 1. The van der Waals surface area contributed by atoms with Crippen molar-refractivity contribution in [3.63, 3.8) is 0 Å². The van der Waals surface area contributed by atoms with E-state index in [0.717, 1.165) is 22.4 Å². The molecule has 138 valence electrons. The van der Waals surface area contributed by atoms with Gasteiger partial charge in [0.25, 0.3) is 11.5 Å². The molecule has 0 saturated carbocycles. The van der Waals surface area contributed by atoms with Gasteiger partial charge in [0.15, 0.2) is 0 Å². The molecule has 7 heteroatoms. The molecule has 0 bridgehead atoms. The van der Waals surface area contributed by atoms with Crippen LogP contribution in [0.25, 0.3) is 10.4 Å². The number of benzene rings is 1. The van der Waals surface area contributed by atoms with Crippen LogP contribution in [0.15, 0.2) is 52.1 Å². The Hall–Kier alpha value is -2.93. The molecule has 3 heterocycles. The van der Waals surface area contributed by atoms with Gasteiger partial charge in [0.2, 0.25) is 0 Å². The molecule has 2 N–H and O–H groups in total. The SMILES string of the molecule is Cc1cc(C(=O)N2CCC(c3cc(=O)[nH]c(=O)[nH]3)C2)sc1-c1ccccc1. The van der Waals surface area contributed by atoms with Gasteiger partial charge in [0, 0.05) is 35.6 Å². The van der Waals surface area contributed by atoms with Gasteiger partial charge in [-0.25, -0.2) is 4.79 Å². The Balaban J connectivity index is 1.54. The van der Waals surface area contributed by atoms with Crippen LogP contribution in [-0.4, -0.2) is 33.9 Å². The van der Waals surface area contributed by atoms with E-state index >= 15 is 0 Å². The molecule has 0 aliphatic carbocycles. The van der Waals surface area contributed by atoms with Crippen molar-refractivity contribution in [1.29, 1.82) is 0 Å². The topological polar surface area (TPSA) is 86.0 Å². The third-order valence-corrected chi connectivity index (χ3v) is 6.14. The predicted octanol–water partition coefficient (Wildman–Crippen LogP) is 2.73. The first-order valence-corrected chi connectivity index (χ1v) is 9.61. The van der Waals surface area contributed by atoms with Crippen molar-refractivity contribution in [2.45, 2.75) is 19.3 Å². The highest BCUT2D eigenvalue weighted by molar-refractivity contribution is 7.17. The van der Waals surface area contributed by atoms with Crippen molar-refractivity contribution in [2.75, 3.05) is 13.1 Å². The molecule has 6 nitrogen and oxygen atoms in total. The summed E-state index contributed by atoms with van der Waals surface area (Å²) in [5.41, 5.74) is 1.86. The van der Waals surface area contributed by atoms with E-state index in [0.29, 0.717) is 23.7 Å². The minimum absolute atomic E-state index is 0.0000291. The summed E-state index contributed by atoms with van der Waals surface area (Å²) in [4.78, 5) is 44.4. The number of carbonyl (C=O) groups excluding carboxylic acids is 1. The summed E-state index contributed by atoms with van der Waals surface area (Å²) in [6, 6.07) is 13.4. The van der Waals surface area contributed by atoms with Gasteiger partial charge in [0.1, 0.15) is 0 Å². The van der Waals surface area contributed by atoms with Crippen LogP contribution in [0.2, 0.25) is 0 Å². The van der Waals surface area contributed by atoms with Crippen molar-refractivity contribution in [1.82, 2.24) is 14.9 Å². The van der Waals surface area contributed by atoms with Gasteiger partial charge in [-0.1, -0.05) is 30.3 Å². The van der Waals surface area contributed by atoms with E-state index in [-0.39, 0.29) is 11.8 Å². The number of likely N-dealkylation sites (tertiary alicyclic amines) is 1. The first-order chi connectivity index (χ1) is 13.0. The maximum absolute atomic E-state index is 13.0. The second-order valence-corrected chi connectivity index (χ2v) is 7.82. The van der Waals surface area contributed by atoms with Crippen LogP contribution in [0.1, 0.15) is 33.3 Å². The van der Waals surface area contributed by atoms with Gasteiger partial charge in [0.05, 0.1) is 4.88 Å². The molecule has 1 aliphatic rings. The zero-order valence-electron chi connectivity index (χ0n) is 14.8. The molecule has 4 rings (SSSR count). The molecular formula is C20H19N3O3S. The highest BCUT2D eigenvalue weighted by Gasteiger charge is 2.30. The molecule has 27 heavy (non-hydrogen) atoms. The fourth-order valence-electron chi connectivity index (χ4n) is 3.53. The largest absolute Gasteiger partial charge is 0.337 e. The van der Waals surface area contributed by atoms with Crippen LogP contribution in [0, 0.1) is 6.92 Å². The first kappa shape index (κ1) is 17.5. The summed E-state index contributed by atoms with van der Waals surface area (Å²) in [5.74, 6) is -0.0291. The van der Waals surface area contributed by atoms with Crippen LogP contribution >= 0.6 is 11.3 Å². The number of nitrogens with zero attached hydrogens (tertiary/aromatic N) is 1. The predicted molar refractivity (Wildman–Crippen MR) is 105 cm³/mol. The first-order valence-electron chi connectivity index (χ1n) is 8.80. The molecule has 1 aromatic carbocycles. The van der Waals surface area contributed by atoms with Gasteiger partial charge >= 0.3 is 5.69 Å². The fourth-order valence-corrected chi connectivity index (χ4v) is 4.67. The Bertz CT molecular complexity index is 1070. The van der Waals surface area contributed by atoms with Crippen molar-refractivity contribution in [3.05, 3.63) is 79.4 Å². The number of aryl methyl sites for hydroxylation is 1. The van der Waals surface area contributed by atoms with Gasteiger partial charge in [-0.3, -0.25) is 14.6 Å². The van der Waals surface area contributed by atoms with Gasteiger partial charge in [-0.2, -0.15) is 0 Å². The molecule has 0 spiro atoms. The zero-order valence-corrected chi connectivity index (χ0v) is 15.6. The Morgan fingerprint density at radius 3 is 2.67 bits per heavy atom. The van der Waals surface area contributed by atoms with Crippen LogP contribution in [0.4, 0.5) is 0 Å². The van der Waals surface area contributed by atoms with Crippen LogP contribution in [0.5, 0.6) is 0 Å². The lowest BCUT2D eigenvalue weighted by Gasteiger charge is -2.15. The lowest BCUT2D eigenvalue weighted by atomic mass is 10.1. The van der Waals surface area contributed by atoms with Crippen molar-refractivity contribution in [2.24, 2.45) is 0 Å². The van der Waals surface area contributed by atoms with E-state index in [1.165, 1.54) is 17.4 Å². The molecule has 1 unspecified atom stereocenters. The average Bonchev–Trinajstić information content (AvgIpc) is 3.28. The standard InChI is InChI=1S/C20H19N3O3S/c1-12-9-16(27-18(12)13-5-3-2-4-6-13)19(25)23-8-7-14(11-23)15-10-17(24)22-20(26)21-15/h2-6,9-10,14H,7-8,11H2,1H3,(H2,21,22,24,26). The lowest BCUT2D eigenvalue weighted by Crippen LogP contribution is -2.29. The summed E-state index contributed by atoms with van der Waals surface area (Å²) in [7, 11) is 0. The quantitative estimate of drug-likeness (QED) is 0.731. The van der Waals surface area contributed by atoms with Gasteiger partial charge in [-0.15, -0.1) is 11.3 Å². The summed E-state index contributed by atoms with van der Waals surface area (Å²) >= 11 is 1.51. The van der Waals surface area contributed by atoms with Gasteiger partial charge < -0.3 is 9.88 Å². The number of aromatic amines is 2. The minimum atomic E-state index is -0.510. The maximum Gasteiger partial charge on any atom is 0.325 e. The number of carbonyl (C=O) groups is 1. The highest BCUT2D eigenvalue weighted by Crippen LogP contribution is 2.34. The molecule has 2 aromatic heterocycles. The van der Waals surface area contributed by atoms with Crippen molar-refractivity contribution in [3.8, 4) is 10.4 Å². The van der Waals surface area contributed by atoms with E-state index in [1.807, 2.05) is 43.3 Å². The van der Waals surface area contributed by atoms with Crippen molar-refractivity contribution >= 4 is 17.2 Å². The molecule has 1 amide bonds. The van der Waals surface area contributed by atoms with E-state index in [9.17, 15) is 14.4 Å². The molecule has 1 atom stereocenters. The average molecular weight is 381 g/mol. The molecule has 1 saturated heterocycles. The normalized spacial score (nSPS) is 16.6. The highest BCUT2D eigenvalue weighted by atomic mass is 32.1. The number of hydrogen-bond acceptors (Lipinski definition) is 4. The van der Waals surface area contributed by atoms with E-state index < -0.39 is 11.2 Å². The number of H-pyrrole nitrogens is 2. The second-order valence-electron chi connectivity index (χ2n) is 6.77. The smallest absolute Gasteiger partial charge is 0.325 e. The number of thiophene rings is 1. The molecular weight excluding hydrogens is 362 g/mol. The number of aromatic nitrogens is 2. The number of hydrogen-bond donors (Lipinski definition) is 2. The summed E-state index contributed by atoms with van der Waals surface area (Å²) < 4.78 is 0.